The van der Waals surface area contributed by atoms with Crippen LogP contribution in [0.5, 0.6) is 0 Å². The second-order valence-corrected chi connectivity index (χ2v) is 6.13. The summed E-state index contributed by atoms with van der Waals surface area (Å²) in [5, 5.41) is 0. The van der Waals surface area contributed by atoms with Crippen LogP contribution in [0.3, 0.4) is 0 Å². The van der Waals surface area contributed by atoms with Crippen LogP contribution < -0.4 is 11.3 Å². The second kappa shape index (κ2) is 5.38. The molecule has 16 heavy (non-hydrogen) atoms. The number of pyridine rings is 1. The summed E-state index contributed by atoms with van der Waals surface area (Å²) in [6, 6.07) is 1.69. The quantitative estimate of drug-likeness (QED) is 0.575. The van der Waals surface area contributed by atoms with E-state index in [0.717, 1.165) is 11.1 Å². The van der Waals surface area contributed by atoms with E-state index < -0.39 is 9.84 Å². The van der Waals surface area contributed by atoms with E-state index in [2.05, 4.69) is 10.4 Å². The first-order valence-electron chi connectivity index (χ1n) is 4.98. The van der Waals surface area contributed by atoms with E-state index in [0.29, 0.717) is 6.42 Å². The molecule has 90 valence electrons. The molecule has 0 amide bonds. The number of rotatable bonds is 5. The number of nitrogens with one attached hydrogen (secondary N) is 1. The van der Waals surface area contributed by atoms with Gasteiger partial charge in [0, 0.05) is 24.7 Å². The van der Waals surface area contributed by atoms with Crippen molar-refractivity contribution in [2.75, 3.05) is 12.0 Å². The highest BCUT2D eigenvalue weighted by molar-refractivity contribution is 7.90. The van der Waals surface area contributed by atoms with Crippen LogP contribution in [-0.4, -0.2) is 25.4 Å². The number of nitrogens with zero attached hydrogens (tertiary/aromatic N) is 1. The van der Waals surface area contributed by atoms with Gasteiger partial charge >= 0.3 is 0 Å². The molecule has 5 nitrogen and oxygen atoms in total. The molecule has 0 fully saturated rings. The van der Waals surface area contributed by atoms with Crippen molar-refractivity contribution in [3.8, 4) is 0 Å². The van der Waals surface area contributed by atoms with Gasteiger partial charge in [-0.25, -0.2) is 8.42 Å². The molecule has 1 rings (SSSR count). The fourth-order valence-corrected chi connectivity index (χ4v) is 2.20. The largest absolute Gasteiger partial charge is 0.271 e. The molecule has 0 aromatic carbocycles. The molecule has 1 aromatic rings. The first-order valence-corrected chi connectivity index (χ1v) is 7.04. The van der Waals surface area contributed by atoms with Crippen molar-refractivity contribution in [2.45, 2.75) is 19.4 Å². The minimum Gasteiger partial charge on any atom is -0.271 e. The third-order valence-corrected chi connectivity index (χ3v) is 3.39. The van der Waals surface area contributed by atoms with Crippen molar-refractivity contribution in [1.82, 2.24) is 10.4 Å². The number of nitrogens with two attached hydrogens (primary N) is 1. The van der Waals surface area contributed by atoms with Crippen LogP contribution >= 0.6 is 0 Å². The van der Waals surface area contributed by atoms with Gasteiger partial charge in [-0.2, -0.15) is 0 Å². The van der Waals surface area contributed by atoms with Crippen LogP contribution in [0.25, 0.3) is 0 Å². The Bertz CT molecular complexity index is 445. The molecule has 0 saturated heterocycles. The Morgan fingerprint density at radius 3 is 2.75 bits per heavy atom. The maximum Gasteiger partial charge on any atom is 0.147 e. The van der Waals surface area contributed by atoms with E-state index in [1.54, 1.807) is 12.4 Å². The lowest BCUT2D eigenvalue weighted by Gasteiger charge is -2.17. The maximum absolute atomic E-state index is 11.1. The average Bonchev–Trinajstić information content (AvgIpc) is 2.20. The molecule has 0 spiro atoms. The predicted octanol–water partition coefficient (Wildman–Crippen LogP) is 0.329. The van der Waals surface area contributed by atoms with E-state index in [4.69, 9.17) is 5.84 Å². The average molecular weight is 243 g/mol. The SMILES string of the molecule is Cc1cnccc1C(CCS(C)(=O)=O)NN. The first kappa shape index (κ1) is 13.1. The lowest BCUT2D eigenvalue weighted by Crippen LogP contribution is -2.30. The molecule has 0 bridgehead atoms. The number of hydrazine groups is 1. The first-order chi connectivity index (χ1) is 7.44. The smallest absolute Gasteiger partial charge is 0.147 e. The van der Waals surface area contributed by atoms with Crippen LogP contribution in [0.1, 0.15) is 23.6 Å². The summed E-state index contributed by atoms with van der Waals surface area (Å²) >= 11 is 0. The van der Waals surface area contributed by atoms with Crippen molar-refractivity contribution in [2.24, 2.45) is 5.84 Å². The highest BCUT2D eigenvalue weighted by Gasteiger charge is 2.14. The topological polar surface area (TPSA) is 85.1 Å². The standard InChI is InChI=1S/C10H17N3O2S/c1-8-7-12-5-3-9(8)10(13-11)4-6-16(2,14)15/h3,5,7,10,13H,4,6,11H2,1-2H3. The molecule has 0 saturated carbocycles. The van der Waals surface area contributed by atoms with Crippen LogP contribution in [0.4, 0.5) is 0 Å². The third-order valence-electron chi connectivity index (χ3n) is 2.42. The van der Waals surface area contributed by atoms with Gasteiger partial charge in [-0.3, -0.25) is 16.3 Å². The van der Waals surface area contributed by atoms with Gasteiger partial charge < -0.3 is 0 Å². The van der Waals surface area contributed by atoms with E-state index in [1.165, 1.54) is 6.26 Å². The Morgan fingerprint density at radius 2 is 2.25 bits per heavy atom. The Kier molecular flexibility index (Phi) is 4.40. The zero-order chi connectivity index (χ0) is 12.2. The van der Waals surface area contributed by atoms with E-state index in [-0.39, 0.29) is 11.8 Å². The number of aryl methyl sites for hydroxylation is 1. The van der Waals surface area contributed by atoms with Crippen LogP contribution in [0.2, 0.25) is 0 Å². The molecule has 0 aliphatic rings. The lowest BCUT2D eigenvalue weighted by atomic mass is 10.0. The van der Waals surface area contributed by atoms with Gasteiger partial charge in [0.05, 0.1) is 5.75 Å². The van der Waals surface area contributed by atoms with E-state index in [1.807, 2.05) is 13.0 Å². The summed E-state index contributed by atoms with van der Waals surface area (Å²) in [5.41, 5.74) is 4.63. The minimum atomic E-state index is -2.96. The summed E-state index contributed by atoms with van der Waals surface area (Å²) in [4.78, 5) is 3.98. The van der Waals surface area contributed by atoms with Gasteiger partial charge in [0.25, 0.3) is 0 Å². The monoisotopic (exact) mass is 243 g/mol. The Morgan fingerprint density at radius 1 is 1.56 bits per heavy atom. The molecule has 1 unspecified atom stereocenters. The summed E-state index contributed by atoms with van der Waals surface area (Å²) in [5.74, 6) is 5.55. The van der Waals surface area contributed by atoms with E-state index >= 15 is 0 Å². The van der Waals surface area contributed by atoms with E-state index in [9.17, 15) is 8.42 Å². The van der Waals surface area contributed by atoms with Crippen molar-refractivity contribution >= 4 is 9.84 Å². The number of hydrogen-bond acceptors (Lipinski definition) is 5. The number of aromatic nitrogens is 1. The van der Waals surface area contributed by atoms with Gasteiger partial charge in [0.2, 0.25) is 0 Å². The van der Waals surface area contributed by atoms with Gasteiger partial charge in [0.15, 0.2) is 0 Å². The van der Waals surface area contributed by atoms with Crippen LogP contribution in [-0.2, 0) is 9.84 Å². The van der Waals surface area contributed by atoms with Crippen LogP contribution in [0, 0.1) is 6.92 Å². The highest BCUT2D eigenvalue weighted by Crippen LogP contribution is 2.19. The number of sulfone groups is 1. The molecule has 0 aliphatic carbocycles. The normalized spacial score (nSPS) is 13.7. The molecular weight excluding hydrogens is 226 g/mol. The zero-order valence-electron chi connectivity index (χ0n) is 9.47. The molecule has 1 aromatic heterocycles. The summed E-state index contributed by atoms with van der Waals surface area (Å²) in [6.07, 6.45) is 5.09. The lowest BCUT2D eigenvalue weighted by molar-refractivity contribution is 0.528. The summed E-state index contributed by atoms with van der Waals surface area (Å²) < 4.78 is 22.2. The fraction of sp³-hybridized carbons (Fsp3) is 0.500. The van der Waals surface area contributed by atoms with Crippen molar-refractivity contribution in [3.63, 3.8) is 0 Å². The molecular formula is C10H17N3O2S. The molecule has 0 radical (unpaired) electrons. The van der Waals surface area contributed by atoms with Crippen molar-refractivity contribution < 1.29 is 8.42 Å². The maximum atomic E-state index is 11.1. The van der Waals surface area contributed by atoms with Gasteiger partial charge in [-0.1, -0.05) is 0 Å². The van der Waals surface area contributed by atoms with Gasteiger partial charge in [-0.05, 0) is 30.5 Å². The minimum absolute atomic E-state index is 0.115. The molecule has 1 atom stereocenters. The van der Waals surface area contributed by atoms with Gasteiger partial charge in [-0.15, -0.1) is 0 Å². The Hall–Kier alpha value is -0.980. The van der Waals surface area contributed by atoms with Gasteiger partial charge in [0.1, 0.15) is 9.84 Å². The molecule has 6 heteroatoms. The zero-order valence-corrected chi connectivity index (χ0v) is 10.3. The highest BCUT2D eigenvalue weighted by atomic mass is 32.2. The predicted molar refractivity (Wildman–Crippen MR) is 63.4 cm³/mol. The Labute approximate surface area is 96.0 Å². The van der Waals surface area contributed by atoms with Crippen LogP contribution in [0.15, 0.2) is 18.5 Å². The molecule has 0 aliphatic heterocycles. The molecule has 1 heterocycles. The summed E-state index contributed by atoms with van der Waals surface area (Å²) in [6.45, 7) is 1.92. The van der Waals surface area contributed by atoms with Crippen molar-refractivity contribution in [1.29, 1.82) is 0 Å². The number of hydrogen-bond donors (Lipinski definition) is 2. The Balaban J connectivity index is 2.79. The van der Waals surface area contributed by atoms with Crippen molar-refractivity contribution in [3.05, 3.63) is 29.6 Å². The third kappa shape index (κ3) is 3.88. The molecule has 3 N–H and O–H groups in total. The second-order valence-electron chi connectivity index (χ2n) is 3.87. The summed E-state index contributed by atoms with van der Waals surface area (Å²) in [7, 11) is -2.96. The fourth-order valence-electron chi connectivity index (χ4n) is 1.54.